The molecule has 1 aliphatic rings. The fraction of sp³-hybridized carbons (Fsp3) is 0.467. The summed E-state index contributed by atoms with van der Waals surface area (Å²) >= 11 is 3.69. The van der Waals surface area contributed by atoms with Gasteiger partial charge in [-0.25, -0.2) is 0 Å². The van der Waals surface area contributed by atoms with Gasteiger partial charge in [0.25, 0.3) is 0 Å². The van der Waals surface area contributed by atoms with Crippen molar-refractivity contribution in [1.82, 2.24) is 5.32 Å². The van der Waals surface area contributed by atoms with Gasteiger partial charge < -0.3 is 5.32 Å². The minimum Gasteiger partial charge on any atom is -0.316 e. The summed E-state index contributed by atoms with van der Waals surface area (Å²) < 4.78 is 1.24. The van der Waals surface area contributed by atoms with Gasteiger partial charge in [-0.3, -0.25) is 0 Å². The monoisotopic (exact) mass is 293 g/mol. The highest BCUT2D eigenvalue weighted by molar-refractivity contribution is 9.10. The smallest absolute Gasteiger partial charge is 0.0213 e. The predicted molar refractivity (Wildman–Crippen MR) is 77.4 cm³/mol. The number of hydrogen-bond donors (Lipinski definition) is 1. The van der Waals surface area contributed by atoms with Crippen molar-refractivity contribution in [3.05, 3.63) is 46.5 Å². The van der Waals surface area contributed by atoms with Crippen molar-refractivity contribution < 1.29 is 0 Å². The average Bonchev–Trinajstić information content (AvgIpc) is 2.80. The quantitative estimate of drug-likeness (QED) is 0.638. The van der Waals surface area contributed by atoms with Crippen molar-refractivity contribution in [3.63, 3.8) is 0 Å². The molecule has 0 saturated carbocycles. The Morgan fingerprint density at radius 1 is 1.24 bits per heavy atom. The van der Waals surface area contributed by atoms with E-state index in [0.717, 1.165) is 25.9 Å². The molecule has 0 atom stereocenters. The lowest BCUT2D eigenvalue weighted by Gasteiger charge is -2.31. The minimum absolute atomic E-state index is 0.259. The molecule has 0 saturated heterocycles. The van der Waals surface area contributed by atoms with Crippen molar-refractivity contribution >= 4 is 15.9 Å². The Morgan fingerprint density at radius 3 is 2.59 bits per heavy atom. The van der Waals surface area contributed by atoms with E-state index in [0.29, 0.717) is 0 Å². The first-order chi connectivity index (χ1) is 8.28. The van der Waals surface area contributed by atoms with E-state index in [1.54, 1.807) is 0 Å². The van der Waals surface area contributed by atoms with Crippen LogP contribution in [0.5, 0.6) is 0 Å². The first-order valence-electron chi connectivity index (χ1n) is 6.39. The summed E-state index contributed by atoms with van der Waals surface area (Å²) in [6, 6.07) is 8.63. The van der Waals surface area contributed by atoms with Crippen molar-refractivity contribution in [2.75, 3.05) is 13.1 Å². The van der Waals surface area contributed by atoms with Gasteiger partial charge in [-0.15, -0.1) is 0 Å². The molecule has 0 heterocycles. The van der Waals surface area contributed by atoms with Crippen LogP contribution in [-0.4, -0.2) is 13.1 Å². The molecule has 0 fully saturated rings. The SMILES string of the molecule is CCCNCC1(c2ccccc2Br)CC=CC1. The molecule has 1 nitrogen and oxygen atoms in total. The molecule has 0 bridgehead atoms. The zero-order valence-electron chi connectivity index (χ0n) is 10.4. The van der Waals surface area contributed by atoms with E-state index >= 15 is 0 Å². The topological polar surface area (TPSA) is 12.0 Å². The molecule has 1 aliphatic carbocycles. The van der Waals surface area contributed by atoms with Gasteiger partial charge in [-0.05, 0) is 37.4 Å². The first-order valence-corrected chi connectivity index (χ1v) is 7.18. The molecule has 17 heavy (non-hydrogen) atoms. The molecule has 1 N–H and O–H groups in total. The Kier molecular flexibility index (Phi) is 4.41. The van der Waals surface area contributed by atoms with E-state index in [1.165, 1.54) is 16.5 Å². The summed E-state index contributed by atoms with van der Waals surface area (Å²) in [5, 5.41) is 3.58. The van der Waals surface area contributed by atoms with Gasteiger partial charge in [0, 0.05) is 16.4 Å². The molecular weight excluding hydrogens is 274 g/mol. The standard InChI is InChI=1S/C15H20BrN/c1-2-11-17-12-15(9-5-6-10-15)13-7-3-4-8-14(13)16/h3-8,17H,2,9-12H2,1H3. The summed E-state index contributed by atoms with van der Waals surface area (Å²) in [5.41, 5.74) is 1.70. The maximum Gasteiger partial charge on any atom is 0.0213 e. The molecule has 92 valence electrons. The number of rotatable bonds is 5. The van der Waals surface area contributed by atoms with Crippen LogP contribution in [0.15, 0.2) is 40.9 Å². The Hall–Kier alpha value is -0.600. The van der Waals surface area contributed by atoms with E-state index in [1.807, 2.05) is 0 Å². The largest absolute Gasteiger partial charge is 0.316 e. The van der Waals surface area contributed by atoms with E-state index in [9.17, 15) is 0 Å². The third-order valence-corrected chi connectivity index (χ3v) is 4.21. The summed E-state index contributed by atoms with van der Waals surface area (Å²) in [4.78, 5) is 0. The van der Waals surface area contributed by atoms with Crippen LogP contribution in [0.3, 0.4) is 0 Å². The van der Waals surface area contributed by atoms with Crippen molar-refractivity contribution in [2.24, 2.45) is 0 Å². The molecule has 1 aromatic carbocycles. The maximum atomic E-state index is 3.69. The molecule has 0 amide bonds. The Morgan fingerprint density at radius 2 is 1.94 bits per heavy atom. The molecule has 0 spiro atoms. The minimum atomic E-state index is 0.259. The second kappa shape index (κ2) is 5.83. The lowest BCUT2D eigenvalue weighted by atomic mass is 9.78. The van der Waals surface area contributed by atoms with Crippen LogP contribution in [0.25, 0.3) is 0 Å². The summed E-state index contributed by atoms with van der Waals surface area (Å²) in [7, 11) is 0. The van der Waals surface area contributed by atoms with Gasteiger partial charge in [0.15, 0.2) is 0 Å². The van der Waals surface area contributed by atoms with Crippen molar-refractivity contribution in [1.29, 1.82) is 0 Å². The molecule has 0 unspecified atom stereocenters. The molecule has 2 heteroatoms. The fourth-order valence-corrected chi connectivity index (χ4v) is 3.26. The molecule has 2 rings (SSSR count). The van der Waals surface area contributed by atoms with Crippen molar-refractivity contribution in [3.8, 4) is 0 Å². The van der Waals surface area contributed by atoms with E-state index in [4.69, 9.17) is 0 Å². The molecule has 0 aliphatic heterocycles. The Bertz CT molecular complexity index is 390. The normalized spacial score (nSPS) is 17.5. The molecule has 1 aromatic rings. The summed E-state index contributed by atoms with van der Waals surface area (Å²) in [5.74, 6) is 0. The van der Waals surface area contributed by atoms with Crippen LogP contribution < -0.4 is 5.32 Å². The van der Waals surface area contributed by atoms with E-state index < -0.39 is 0 Å². The maximum absolute atomic E-state index is 3.69. The number of nitrogens with one attached hydrogen (secondary N) is 1. The highest BCUT2D eigenvalue weighted by Crippen LogP contribution is 2.40. The van der Waals surface area contributed by atoms with Crippen LogP contribution in [0.4, 0.5) is 0 Å². The lowest BCUT2D eigenvalue weighted by molar-refractivity contribution is 0.417. The lowest BCUT2D eigenvalue weighted by Crippen LogP contribution is -2.36. The molecule has 0 aromatic heterocycles. The third-order valence-electron chi connectivity index (χ3n) is 3.52. The average molecular weight is 294 g/mol. The highest BCUT2D eigenvalue weighted by atomic mass is 79.9. The van der Waals surface area contributed by atoms with Crippen LogP contribution >= 0.6 is 15.9 Å². The number of allylic oxidation sites excluding steroid dienone is 2. The predicted octanol–water partition coefficient (Wildman–Crippen LogP) is 4.04. The number of hydrogen-bond acceptors (Lipinski definition) is 1. The molecule has 0 radical (unpaired) electrons. The highest BCUT2D eigenvalue weighted by Gasteiger charge is 2.33. The number of benzene rings is 1. The summed E-state index contributed by atoms with van der Waals surface area (Å²) in [6.07, 6.45) is 8.11. The van der Waals surface area contributed by atoms with Gasteiger partial charge in [0.2, 0.25) is 0 Å². The second-order valence-electron chi connectivity index (χ2n) is 4.82. The van der Waals surface area contributed by atoms with Gasteiger partial charge in [-0.1, -0.05) is 53.2 Å². The van der Waals surface area contributed by atoms with Gasteiger partial charge in [0.1, 0.15) is 0 Å². The second-order valence-corrected chi connectivity index (χ2v) is 5.67. The summed E-state index contributed by atoms with van der Waals surface area (Å²) in [6.45, 7) is 4.38. The van der Waals surface area contributed by atoms with Crippen LogP contribution in [0, 0.1) is 0 Å². The van der Waals surface area contributed by atoms with Gasteiger partial charge >= 0.3 is 0 Å². The molecular formula is C15H20BrN. The Labute approximate surface area is 112 Å². The van der Waals surface area contributed by atoms with Crippen LogP contribution in [0.2, 0.25) is 0 Å². The van der Waals surface area contributed by atoms with Gasteiger partial charge in [0.05, 0.1) is 0 Å². The van der Waals surface area contributed by atoms with Crippen LogP contribution in [0.1, 0.15) is 31.7 Å². The number of halogens is 1. The van der Waals surface area contributed by atoms with E-state index in [2.05, 4.69) is 64.6 Å². The zero-order valence-corrected chi connectivity index (χ0v) is 12.0. The Balaban J connectivity index is 2.19. The van der Waals surface area contributed by atoms with Crippen LogP contribution in [-0.2, 0) is 5.41 Å². The van der Waals surface area contributed by atoms with Gasteiger partial charge in [-0.2, -0.15) is 0 Å². The fourth-order valence-electron chi connectivity index (χ4n) is 2.56. The first kappa shape index (κ1) is 12.8. The van der Waals surface area contributed by atoms with E-state index in [-0.39, 0.29) is 5.41 Å². The van der Waals surface area contributed by atoms with Crippen molar-refractivity contribution in [2.45, 2.75) is 31.6 Å². The zero-order chi connectivity index (χ0) is 12.1. The third kappa shape index (κ3) is 2.80.